The number of amides is 1. The second-order valence-corrected chi connectivity index (χ2v) is 9.05. The molecule has 1 aliphatic heterocycles. The molecule has 1 saturated heterocycles. The van der Waals surface area contributed by atoms with Crippen molar-refractivity contribution in [2.24, 2.45) is 0 Å². The molecule has 1 amide bonds. The van der Waals surface area contributed by atoms with Crippen molar-refractivity contribution in [2.75, 3.05) is 39.3 Å². The summed E-state index contributed by atoms with van der Waals surface area (Å²) in [5.74, 6) is -0.0929. The second-order valence-electron chi connectivity index (χ2n) is 8.62. The number of β-amino-alcohol motifs (C(OH)–C–C–N with tert-alkyl or cyclic N) is 1. The van der Waals surface area contributed by atoms with Gasteiger partial charge in [-0.15, -0.1) is 0 Å². The molecule has 7 nitrogen and oxygen atoms in total. The summed E-state index contributed by atoms with van der Waals surface area (Å²) in [7, 11) is 0. The van der Waals surface area contributed by atoms with Crippen LogP contribution in [0.1, 0.15) is 11.1 Å². The minimum absolute atomic E-state index is 0.00241. The van der Waals surface area contributed by atoms with Gasteiger partial charge in [-0.1, -0.05) is 23.7 Å². The Morgan fingerprint density at radius 2 is 1.79 bits per heavy atom. The number of aliphatic hydroxyl groups excluding tert-OH is 1. The number of carbonyl (C=O) groups is 1. The summed E-state index contributed by atoms with van der Waals surface area (Å²) in [4.78, 5) is 29.6. The summed E-state index contributed by atoms with van der Waals surface area (Å²) in [5, 5.41) is 11.4. The van der Waals surface area contributed by atoms with E-state index in [0.717, 1.165) is 27.5 Å². The lowest BCUT2D eigenvalue weighted by molar-refractivity contribution is -0.132. The van der Waals surface area contributed by atoms with Crippen LogP contribution in [0.5, 0.6) is 0 Å². The Bertz CT molecular complexity index is 1420. The van der Waals surface area contributed by atoms with E-state index in [2.05, 4.69) is 4.90 Å². The fourth-order valence-corrected chi connectivity index (χ4v) is 4.72. The summed E-state index contributed by atoms with van der Waals surface area (Å²) in [5.41, 5.74) is 3.55. The molecular weight excluding hydrogens is 456 g/mol. The molecule has 0 spiro atoms. The zero-order valence-corrected chi connectivity index (χ0v) is 19.6. The molecule has 0 aliphatic carbocycles. The van der Waals surface area contributed by atoms with Gasteiger partial charge in [-0.25, -0.2) is 4.79 Å². The highest BCUT2D eigenvalue weighted by Crippen LogP contribution is 2.35. The molecule has 8 heteroatoms. The molecule has 3 heterocycles. The maximum absolute atomic E-state index is 13.0. The number of hydrogen-bond donors (Lipinski definition) is 1. The molecular formula is C26H25ClN2O5. The zero-order valence-electron chi connectivity index (χ0n) is 18.8. The number of piperazine rings is 1. The molecule has 5 rings (SSSR count). The van der Waals surface area contributed by atoms with Gasteiger partial charge in [0, 0.05) is 60.1 Å². The average molecular weight is 481 g/mol. The minimum Gasteiger partial charge on any atom is -0.464 e. The molecule has 0 saturated carbocycles. The summed E-state index contributed by atoms with van der Waals surface area (Å²) >= 11 is 6.03. The largest absolute Gasteiger partial charge is 0.464 e. The number of furan rings is 1. The van der Waals surface area contributed by atoms with Crippen LogP contribution in [-0.2, 0) is 11.2 Å². The first kappa shape index (κ1) is 22.7. The Balaban J connectivity index is 1.48. The second kappa shape index (κ2) is 9.25. The molecule has 2 aromatic carbocycles. The first-order valence-electron chi connectivity index (χ1n) is 11.3. The Kier molecular flexibility index (Phi) is 6.16. The Hall–Kier alpha value is -3.13. The summed E-state index contributed by atoms with van der Waals surface area (Å²) in [6.07, 6.45) is 1.68. The van der Waals surface area contributed by atoms with E-state index in [0.29, 0.717) is 54.5 Å². The van der Waals surface area contributed by atoms with E-state index < -0.39 is 5.63 Å². The van der Waals surface area contributed by atoms with Crippen molar-refractivity contribution >= 4 is 39.4 Å². The quantitative estimate of drug-likeness (QED) is 0.437. The van der Waals surface area contributed by atoms with Gasteiger partial charge in [0.05, 0.1) is 24.9 Å². The fraction of sp³-hybridized carbons (Fsp3) is 0.308. The predicted octanol–water partition coefficient (Wildman–Crippen LogP) is 3.85. The van der Waals surface area contributed by atoms with Crippen LogP contribution in [0.15, 0.2) is 56.3 Å². The third-order valence-corrected chi connectivity index (χ3v) is 6.86. The highest BCUT2D eigenvalue weighted by Gasteiger charge is 2.24. The van der Waals surface area contributed by atoms with Gasteiger partial charge in [0.15, 0.2) is 0 Å². The fourth-order valence-electron chi connectivity index (χ4n) is 4.59. The van der Waals surface area contributed by atoms with E-state index in [-0.39, 0.29) is 18.9 Å². The summed E-state index contributed by atoms with van der Waals surface area (Å²) < 4.78 is 11.4. The third kappa shape index (κ3) is 4.22. The number of hydrogen-bond acceptors (Lipinski definition) is 6. The van der Waals surface area contributed by atoms with Gasteiger partial charge in [0.1, 0.15) is 11.2 Å². The number of aliphatic hydroxyl groups is 1. The SMILES string of the molecule is Cc1c(CC(=O)N2CCN(CCO)CC2)c(=O)oc2cc3occ(-c4ccc(Cl)cc4)c3cc12. The lowest BCUT2D eigenvalue weighted by atomic mass is 9.99. The van der Waals surface area contributed by atoms with Crippen molar-refractivity contribution in [3.8, 4) is 11.1 Å². The summed E-state index contributed by atoms with van der Waals surface area (Å²) in [6, 6.07) is 11.2. The van der Waals surface area contributed by atoms with Crippen LogP contribution in [-0.4, -0.2) is 60.1 Å². The van der Waals surface area contributed by atoms with E-state index in [1.807, 2.05) is 37.3 Å². The van der Waals surface area contributed by atoms with Crippen LogP contribution in [0, 0.1) is 6.92 Å². The van der Waals surface area contributed by atoms with Crippen LogP contribution >= 0.6 is 11.6 Å². The minimum atomic E-state index is -0.499. The van der Waals surface area contributed by atoms with Crippen LogP contribution in [0.3, 0.4) is 0 Å². The van der Waals surface area contributed by atoms with E-state index in [1.165, 1.54) is 0 Å². The molecule has 0 bridgehead atoms. The van der Waals surface area contributed by atoms with E-state index in [4.69, 9.17) is 25.5 Å². The number of nitrogens with zero attached hydrogens (tertiary/aromatic N) is 2. The van der Waals surface area contributed by atoms with E-state index in [9.17, 15) is 9.59 Å². The molecule has 1 N–H and O–H groups in total. The number of halogens is 1. The molecule has 0 radical (unpaired) electrons. The molecule has 0 unspecified atom stereocenters. The number of rotatable bonds is 5. The van der Waals surface area contributed by atoms with Crippen molar-refractivity contribution < 1.29 is 18.7 Å². The average Bonchev–Trinajstić information content (AvgIpc) is 3.24. The molecule has 1 fully saturated rings. The Morgan fingerprint density at radius 1 is 1.06 bits per heavy atom. The number of fused-ring (bicyclic) bond motifs is 2. The third-order valence-electron chi connectivity index (χ3n) is 6.61. The van der Waals surface area contributed by atoms with E-state index >= 15 is 0 Å². The van der Waals surface area contributed by atoms with Crippen LogP contribution in [0.25, 0.3) is 33.1 Å². The molecule has 1 aliphatic rings. The van der Waals surface area contributed by atoms with Crippen molar-refractivity contribution in [3.05, 3.63) is 69.2 Å². The van der Waals surface area contributed by atoms with Gasteiger partial charge < -0.3 is 18.8 Å². The Morgan fingerprint density at radius 3 is 2.50 bits per heavy atom. The van der Waals surface area contributed by atoms with Gasteiger partial charge in [-0.2, -0.15) is 0 Å². The maximum atomic E-state index is 13.0. The summed E-state index contributed by atoms with van der Waals surface area (Å²) in [6.45, 7) is 5.15. The van der Waals surface area contributed by atoms with Gasteiger partial charge in [0.2, 0.25) is 5.91 Å². The highest BCUT2D eigenvalue weighted by atomic mass is 35.5. The smallest absolute Gasteiger partial charge is 0.340 e. The van der Waals surface area contributed by atoms with Gasteiger partial charge >= 0.3 is 5.63 Å². The standard InChI is InChI=1S/C26H25ClN2O5/c1-16-19-12-21-22(17-2-4-18(27)5-3-17)15-33-23(21)14-24(19)34-26(32)20(16)13-25(31)29-8-6-28(7-9-29)10-11-30/h2-5,12,14-15,30H,6-11,13H2,1H3. The van der Waals surface area contributed by atoms with Crippen LogP contribution < -0.4 is 5.63 Å². The zero-order chi connectivity index (χ0) is 23.8. The molecule has 2 aromatic heterocycles. The van der Waals surface area contributed by atoms with Crippen molar-refractivity contribution in [1.29, 1.82) is 0 Å². The normalized spacial score (nSPS) is 14.9. The first-order valence-corrected chi connectivity index (χ1v) is 11.7. The molecule has 34 heavy (non-hydrogen) atoms. The first-order chi connectivity index (χ1) is 16.4. The molecule has 176 valence electrons. The number of aryl methyl sites for hydroxylation is 1. The maximum Gasteiger partial charge on any atom is 0.340 e. The lowest BCUT2D eigenvalue weighted by Crippen LogP contribution is -2.49. The van der Waals surface area contributed by atoms with Crippen LogP contribution in [0.4, 0.5) is 0 Å². The Labute approximate surface area is 201 Å². The number of benzene rings is 2. The molecule has 4 aromatic rings. The van der Waals surface area contributed by atoms with E-state index in [1.54, 1.807) is 17.2 Å². The predicted molar refractivity (Wildman–Crippen MR) is 131 cm³/mol. The van der Waals surface area contributed by atoms with Crippen LogP contribution in [0.2, 0.25) is 5.02 Å². The van der Waals surface area contributed by atoms with Gasteiger partial charge in [-0.05, 0) is 36.2 Å². The van der Waals surface area contributed by atoms with Gasteiger partial charge in [-0.3, -0.25) is 9.69 Å². The molecule has 0 atom stereocenters. The van der Waals surface area contributed by atoms with Crippen molar-refractivity contribution in [2.45, 2.75) is 13.3 Å². The van der Waals surface area contributed by atoms with Gasteiger partial charge in [0.25, 0.3) is 0 Å². The van der Waals surface area contributed by atoms with Crippen molar-refractivity contribution in [3.63, 3.8) is 0 Å². The highest BCUT2D eigenvalue weighted by molar-refractivity contribution is 6.30. The lowest BCUT2D eigenvalue weighted by Gasteiger charge is -2.34. The topological polar surface area (TPSA) is 87.1 Å². The van der Waals surface area contributed by atoms with Crippen molar-refractivity contribution in [1.82, 2.24) is 9.80 Å². The monoisotopic (exact) mass is 480 g/mol. The number of carbonyl (C=O) groups excluding carboxylic acids is 1.